The highest BCUT2D eigenvalue weighted by Crippen LogP contribution is 2.31. The largest absolute Gasteiger partial charge is 0.294 e. The fourth-order valence-corrected chi connectivity index (χ4v) is 2.72. The third-order valence-corrected chi connectivity index (χ3v) is 4.04. The Kier molecular flexibility index (Phi) is 4.59. The molecule has 1 aliphatic rings. The van der Waals surface area contributed by atoms with Gasteiger partial charge >= 0.3 is 0 Å². The Bertz CT molecular complexity index is 554. The van der Waals surface area contributed by atoms with E-state index in [9.17, 15) is 15.3 Å². The van der Waals surface area contributed by atoms with Gasteiger partial charge in [-0.2, -0.15) is 0 Å². The molecule has 1 atom stereocenters. The lowest BCUT2D eigenvalue weighted by Gasteiger charge is -2.26. The van der Waals surface area contributed by atoms with E-state index in [2.05, 4.69) is 6.92 Å². The Morgan fingerprint density at radius 2 is 1.95 bits per heavy atom. The van der Waals surface area contributed by atoms with E-state index in [0.717, 1.165) is 29.7 Å². The second-order valence-corrected chi connectivity index (χ2v) is 5.36. The highest BCUT2D eigenvalue weighted by atomic mass is 16.6. The van der Waals surface area contributed by atoms with E-state index in [1.54, 1.807) is 17.1 Å². The van der Waals surface area contributed by atoms with Gasteiger partial charge in [0.05, 0.1) is 11.0 Å². The van der Waals surface area contributed by atoms with Gasteiger partial charge in [-0.15, -0.1) is 0 Å². The normalized spacial score (nSPS) is 19.4. The minimum atomic E-state index is -0.396. The molecule has 1 aromatic rings. The maximum absolute atomic E-state index is 10.7. The lowest BCUT2D eigenvalue weighted by atomic mass is 9.95. The van der Waals surface area contributed by atoms with Crippen molar-refractivity contribution >= 4 is 5.69 Å². The lowest BCUT2D eigenvalue weighted by molar-refractivity contribution is -0.384. The first-order valence-corrected chi connectivity index (χ1v) is 7.10. The molecule has 1 aliphatic heterocycles. The van der Waals surface area contributed by atoms with Gasteiger partial charge in [-0.05, 0) is 30.9 Å². The van der Waals surface area contributed by atoms with E-state index in [4.69, 9.17) is 0 Å². The van der Waals surface area contributed by atoms with Crippen LogP contribution >= 0.6 is 0 Å². The van der Waals surface area contributed by atoms with Crippen LogP contribution in [0.2, 0.25) is 0 Å². The smallest absolute Gasteiger partial charge is 0.269 e. The Labute approximate surface area is 124 Å². The maximum Gasteiger partial charge on any atom is 0.269 e. The molecule has 6 heteroatoms. The second-order valence-electron chi connectivity index (χ2n) is 5.36. The Morgan fingerprint density at radius 3 is 2.48 bits per heavy atom. The van der Waals surface area contributed by atoms with Crippen LogP contribution in [0, 0.1) is 10.1 Å². The summed E-state index contributed by atoms with van der Waals surface area (Å²) in [4.78, 5) is 10.3. The molecule has 0 aliphatic carbocycles. The molecule has 114 valence electrons. The number of hydroxylamine groups is 1. The van der Waals surface area contributed by atoms with Gasteiger partial charge in [0, 0.05) is 24.9 Å². The molecule has 1 aromatic carbocycles. The van der Waals surface area contributed by atoms with Gasteiger partial charge in [-0.25, -0.2) is 0 Å². The summed E-state index contributed by atoms with van der Waals surface area (Å²) in [5.41, 5.74) is 3.31. The van der Waals surface area contributed by atoms with Crippen molar-refractivity contribution in [3.63, 3.8) is 0 Å². The van der Waals surface area contributed by atoms with Crippen LogP contribution in [-0.4, -0.2) is 33.4 Å². The molecular formula is C15H21N3O3. The third-order valence-electron chi connectivity index (χ3n) is 4.04. The van der Waals surface area contributed by atoms with Crippen LogP contribution in [0.15, 0.2) is 35.5 Å². The highest BCUT2D eigenvalue weighted by Gasteiger charge is 2.33. The molecule has 0 fully saturated rings. The molecule has 0 amide bonds. The van der Waals surface area contributed by atoms with Crippen LogP contribution < -0.4 is 0 Å². The van der Waals surface area contributed by atoms with Crippen molar-refractivity contribution in [3.05, 3.63) is 51.2 Å². The van der Waals surface area contributed by atoms with Crippen molar-refractivity contribution in [1.29, 1.82) is 0 Å². The van der Waals surface area contributed by atoms with Gasteiger partial charge in [0.2, 0.25) is 0 Å². The molecule has 0 saturated carbocycles. The predicted octanol–water partition coefficient (Wildman–Crippen LogP) is 3.13. The number of non-ortho nitro benzene ring substituents is 1. The van der Waals surface area contributed by atoms with Crippen LogP contribution in [0.1, 0.15) is 32.3 Å². The van der Waals surface area contributed by atoms with E-state index in [1.165, 1.54) is 17.3 Å². The summed E-state index contributed by atoms with van der Waals surface area (Å²) < 4.78 is 0. The number of rotatable bonds is 5. The molecule has 2 rings (SSSR count). The summed E-state index contributed by atoms with van der Waals surface area (Å²) in [6.45, 7) is 4.07. The Morgan fingerprint density at radius 1 is 1.33 bits per heavy atom. The molecule has 0 bridgehead atoms. The zero-order chi connectivity index (χ0) is 15.6. The van der Waals surface area contributed by atoms with Gasteiger partial charge < -0.3 is 0 Å². The first-order valence-electron chi connectivity index (χ1n) is 7.10. The molecule has 21 heavy (non-hydrogen) atoms. The minimum absolute atomic E-state index is 0.0183. The van der Waals surface area contributed by atoms with Crippen LogP contribution in [0.25, 0.3) is 0 Å². The number of allylic oxidation sites excluding steroid dienone is 1. The first kappa shape index (κ1) is 15.5. The van der Waals surface area contributed by atoms with Gasteiger partial charge in [0.15, 0.2) is 0 Å². The number of hydrogen-bond acceptors (Lipinski definition) is 5. The predicted molar refractivity (Wildman–Crippen MR) is 79.6 cm³/mol. The molecule has 0 spiro atoms. The van der Waals surface area contributed by atoms with Gasteiger partial charge in [0.25, 0.3) is 5.69 Å². The number of nitro groups is 1. The fraction of sp³-hybridized carbons (Fsp3) is 0.467. The van der Waals surface area contributed by atoms with Gasteiger partial charge in [-0.3, -0.25) is 20.3 Å². The molecule has 0 aromatic heterocycles. The zero-order valence-electron chi connectivity index (χ0n) is 12.6. The monoisotopic (exact) mass is 291 g/mol. The number of benzene rings is 1. The van der Waals surface area contributed by atoms with Crippen LogP contribution in [0.4, 0.5) is 5.69 Å². The lowest BCUT2D eigenvalue weighted by Crippen LogP contribution is -2.37. The molecular weight excluding hydrogens is 270 g/mol. The van der Waals surface area contributed by atoms with Crippen molar-refractivity contribution in [1.82, 2.24) is 10.2 Å². The summed E-state index contributed by atoms with van der Waals surface area (Å²) in [6.07, 6.45) is 2.54. The van der Waals surface area contributed by atoms with E-state index in [-0.39, 0.29) is 11.7 Å². The van der Waals surface area contributed by atoms with E-state index < -0.39 is 4.92 Å². The van der Waals surface area contributed by atoms with E-state index in [1.807, 2.05) is 14.0 Å². The molecule has 1 heterocycles. The van der Waals surface area contributed by atoms with Crippen molar-refractivity contribution in [2.75, 3.05) is 7.05 Å². The van der Waals surface area contributed by atoms with Crippen molar-refractivity contribution in [2.45, 2.75) is 39.2 Å². The maximum atomic E-state index is 10.7. The topological polar surface area (TPSA) is 69.9 Å². The number of hydrazine groups is 1. The Hall–Kier alpha value is -1.92. The average molecular weight is 291 g/mol. The second kappa shape index (κ2) is 6.24. The van der Waals surface area contributed by atoms with E-state index in [0.29, 0.717) is 6.42 Å². The first-order chi connectivity index (χ1) is 9.95. The molecule has 0 saturated heterocycles. The summed E-state index contributed by atoms with van der Waals surface area (Å²) in [5.74, 6) is 0. The molecule has 1 N–H and O–H groups in total. The molecule has 6 nitrogen and oxygen atoms in total. The quantitative estimate of drug-likeness (QED) is 0.666. The third kappa shape index (κ3) is 3.06. The van der Waals surface area contributed by atoms with Gasteiger partial charge in [-0.1, -0.05) is 30.6 Å². The zero-order valence-corrected chi connectivity index (χ0v) is 12.6. The Balaban J connectivity index is 2.21. The number of hydrogen-bond donors (Lipinski definition) is 1. The fourth-order valence-electron chi connectivity index (χ4n) is 2.72. The highest BCUT2D eigenvalue weighted by molar-refractivity contribution is 5.36. The minimum Gasteiger partial charge on any atom is -0.294 e. The standard InChI is InChI=1S/C15H21N3O3/c1-4-5-15-14(11(2)16(3)17(15)19)10-12-6-8-13(9-7-12)18(20)21/h6-9,15,19H,4-5,10H2,1-3H3. The summed E-state index contributed by atoms with van der Waals surface area (Å²) in [7, 11) is 1.83. The number of nitro benzene ring substituents is 1. The van der Waals surface area contributed by atoms with Crippen molar-refractivity contribution in [3.8, 4) is 0 Å². The van der Waals surface area contributed by atoms with Crippen molar-refractivity contribution in [2.24, 2.45) is 0 Å². The molecule has 0 radical (unpaired) electrons. The van der Waals surface area contributed by atoms with Crippen LogP contribution in [-0.2, 0) is 6.42 Å². The van der Waals surface area contributed by atoms with Crippen LogP contribution in [0.3, 0.4) is 0 Å². The van der Waals surface area contributed by atoms with E-state index >= 15 is 0 Å². The number of nitrogens with zero attached hydrogens (tertiary/aromatic N) is 3. The van der Waals surface area contributed by atoms with Crippen molar-refractivity contribution < 1.29 is 10.1 Å². The average Bonchev–Trinajstić information content (AvgIpc) is 2.66. The SMILES string of the molecule is CCCC1C(Cc2ccc([N+](=O)[O-])cc2)=C(C)N(C)N1O. The summed E-state index contributed by atoms with van der Waals surface area (Å²) in [5, 5.41) is 23.9. The summed E-state index contributed by atoms with van der Waals surface area (Å²) >= 11 is 0. The van der Waals surface area contributed by atoms with Gasteiger partial charge in [0.1, 0.15) is 0 Å². The summed E-state index contributed by atoms with van der Waals surface area (Å²) in [6, 6.07) is 6.59. The van der Waals surface area contributed by atoms with Crippen LogP contribution in [0.5, 0.6) is 0 Å². The molecule has 1 unspecified atom stereocenters.